The largest absolute Gasteiger partial charge is 0.486 e. The van der Waals surface area contributed by atoms with Gasteiger partial charge >= 0.3 is 61.6 Å². The van der Waals surface area contributed by atoms with Crippen molar-refractivity contribution in [3.63, 3.8) is 0 Å². The third-order valence-corrected chi connectivity index (χ3v) is 42.0. The predicted molar refractivity (Wildman–Crippen MR) is 148 cm³/mol. The third kappa shape index (κ3) is 4.05. The van der Waals surface area contributed by atoms with Crippen molar-refractivity contribution in [1.29, 1.82) is 0 Å². The first-order chi connectivity index (χ1) is 19.1. The minimum absolute atomic E-state index is 0.0114. The molecule has 3 heterocycles. The van der Waals surface area contributed by atoms with Gasteiger partial charge in [0.15, 0.2) is 0 Å². The summed E-state index contributed by atoms with van der Waals surface area (Å²) in [6, 6.07) is 0. The Hall–Kier alpha value is 1.04. The Balaban J connectivity index is 1.21. The summed E-state index contributed by atoms with van der Waals surface area (Å²) in [5, 5.41) is 0. The summed E-state index contributed by atoms with van der Waals surface area (Å²) in [6.07, 6.45) is 11.5. The van der Waals surface area contributed by atoms with Crippen molar-refractivity contribution in [2.45, 2.75) is 129 Å². The lowest BCUT2D eigenvalue weighted by Crippen LogP contribution is -2.83. The smallest absolute Gasteiger partial charge is 0.390 e. The van der Waals surface area contributed by atoms with E-state index < -0.39 is 61.6 Å². The SMILES string of the molecule is O[Si]1(C2CC2)O[Si]2(C3CC3)O[Si](O)(C3CC3)O[Si]3(C4CC4)O[Si](O)(C4CC4)O[Si](C4CC4)(O1)O[Si](C1CC1)(O2)O3. The molecule has 0 atom stereocenters. The average Bonchev–Trinajstić information content (AvgIpc) is 3.70. The normalized spacial score (nSPS) is 57.1. The molecule has 222 valence electrons. The van der Waals surface area contributed by atoms with E-state index in [1.807, 2.05) is 0 Å². The highest BCUT2D eigenvalue weighted by Crippen LogP contribution is 2.67. The van der Waals surface area contributed by atoms with Gasteiger partial charge in [-0.2, -0.15) is 0 Å². The molecular weight excluding hydrogens is 641 g/mol. The Morgan fingerprint density at radius 3 is 0.625 bits per heavy atom. The van der Waals surface area contributed by atoms with Gasteiger partial charge in [0.05, 0.1) is 0 Å². The zero-order chi connectivity index (χ0) is 26.8. The summed E-state index contributed by atoms with van der Waals surface area (Å²) >= 11 is 0. The summed E-state index contributed by atoms with van der Waals surface area (Å²) in [7, 11) is -27.1. The summed E-state index contributed by atoms with van der Waals surface area (Å²) in [5.74, 6) is 0. The number of hydrogen-bond donors (Lipinski definition) is 3. The molecule has 0 spiro atoms. The molecule has 0 aromatic rings. The highest BCUT2D eigenvalue weighted by molar-refractivity contribution is 7.00. The van der Waals surface area contributed by atoms with Crippen LogP contribution in [-0.2, 0) is 37.0 Å². The van der Waals surface area contributed by atoms with Crippen LogP contribution in [0.1, 0.15) is 89.9 Å². The fourth-order valence-electron chi connectivity index (χ4n) is 6.72. The molecule has 0 amide bonds. The summed E-state index contributed by atoms with van der Waals surface area (Å²) in [6.45, 7) is 0. The van der Waals surface area contributed by atoms with Crippen LogP contribution in [0.4, 0.5) is 0 Å². The van der Waals surface area contributed by atoms with E-state index in [1.165, 1.54) is 0 Å². The van der Waals surface area contributed by atoms with Crippen molar-refractivity contribution in [1.82, 2.24) is 0 Å². The van der Waals surface area contributed by atoms with E-state index in [2.05, 4.69) is 0 Å². The molecule has 0 unspecified atom stereocenters. The topological polar surface area (TPSA) is 144 Å². The maximum atomic E-state index is 12.4. The van der Waals surface area contributed by atoms with Crippen LogP contribution in [0.5, 0.6) is 0 Å². The maximum Gasteiger partial charge on any atom is 0.486 e. The van der Waals surface area contributed by atoms with Crippen molar-refractivity contribution in [3.8, 4) is 0 Å². The molecular formula is C21H38O12Si7. The van der Waals surface area contributed by atoms with E-state index in [0.717, 1.165) is 89.9 Å². The lowest BCUT2D eigenvalue weighted by Gasteiger charge is -2.57. The second-order valence-electron chi connectivity index (χ2n) is 14.1. The Morgan fingerprint density at radius 1 is 0.275 bits per heavy atom. The molecule has 3 saturated heterocycles. The van der Waals surface area contributed by atoms with Gasteiger partial charge in [-0.3, -0.25) is 0 Å². The lowest BCUT2D eigenvalue weighted by molar-refractivity contribution is 0.00399. The predicted octanol–water partition coefficient (Wildman–Crippen LogP) is 2.87. The first-order valence-electron chi connectivity index (χ1n) is 15.6. The van der Waals surface area contributed by atoms with E-state index in [-0.39, 0.29) is 38.8 Å². The van der Waals surface area contributed by atoms with Crippen molar-refractivity contribution < 1.29 is 51.4 Å². The van der Waals surface area contributed by atoms with Gasteiger partial charge in [-0.15, -0.1) is 0 Å². The van der Waals surface area contributed by atoms with E-state index in [0.29, 0.717) is 0 Å². The van der Waals surface area contributed by atoms with E-state index >= 15 is 0 Å². The first kappa shape index (κ1) is 26.3. The fourth-order valence-corrected chi connectivity index (χ4v) is 47.6. The molecule has 40 heavy (non-hydrogen) atoms. The van der Waals surface area contributed by atoms with Crippen LogP contribution >= 0.6 is 0 Å². The van der Waals surface area contributed by atoms with Crippen molar-refractivity contribution >= 4 is 61.6 Å². The fraction of sp³-hybridized carbons (Fsp3) is 1.00. The van der Waals surface area contributed by atoms with Gasteiger partial charge < -0.3 is 51.4 Å². The Morgan fingerprint density at radius 2 is 0.450 bits per heavy atom. The van der Waals surface area contributed by atoms with Crippen LogP contribution in [0.2, 0.25) is 38.8 Å². The van der Waals surface area contributed by atoms with Crippen LogP contribution in [0.25, 0.3) is 0 Å². The third-order valence-electron chi connectivity index (χ3n) is 10.2. The molecule has 19 heteroatoms. The Bertz CT molecular complexity index is 977. The first-order valence-corrected chi connectivity index (χ1v) is 28.3. The van der Waals surface area contributed by atoms with Gasteiger partial charge in [-0.1, -0.05) is 0 Å². The summed E-state index contributed by atoms with van der Waals surface area (Å²) in [4.78, 5) is 37.3. The Kier molecular flexibility index (Phi) is 5.29. The van der Waals surface area contributed by atoms with Gasteiger partial charge in [0.2, 0.25) is 0 Å². The Labute approximate surface area is 241 Å². The number of rotatable bonds is 7. The van der Waals surface area contributed by atoms with Crippen molar-refractivity contribution in [2.75, 3.05) is 0 Å². The molecule has 3 N–H and O–H groups in total. The van der Waals surface area contributed by atoms with E-state index in [4.69, 9.17) is 37.0 Å². The molecule has 12 nitrogen and oxygen atoms in total. The zero-order valence-electron chi connectivity index (χ0n) is 22.5. The van der Waals surface area contributed by atoms with Crippen molar-refractivity contribution in [3.05, 3.63) is 0 Å². The van der Waals surface area contributed by atoms with Crippen LogP contribution in [0.3, 0.4) is 0 Å². The van der Waals surface area contributed by atoms with E-state index in [1.54, 1.807) is 0 Å². The molecule has 0 aromatic carbocycles. The average molecular weight is 679 g/mol. The van der Waals surface area contributed by atoms with Crippen LogP contribution in [0.15, 0.2) is 0 Å². The molecule has 10 fully saturated rings. The van der Waals surface area contributed by atoms with Crippen LogP contribution in [-0.4, -0.2) is 76.0 Å². The maximum absolute atomic E-state index is 12.4. The second-order valence-corrected chi connectivity index (χ2v) is 35.8. The lowest BCUT2D eigenvalue weighted by atomic mass is 11.0. The minimum atomic E-state index is -3.99. The molecule has 4 bridgehead atoms. The quantitative estimate of drug-likeness (QED) is 0.341. The highest BCUT2D eigenvalue weighted by Gasteiger charge is 2.85. The molecule has 7 aliphatic carbocycles. The van der Waals surface area contributed by atoms with Crippen LogP contribution < -0.4 is 0 Å². The minimum Gasteiger partial charge on any atom is -0.390 e. The highest BCUT2D eigenvalue weighted by atomic mass is 28.6. The number of hydrogen-bond acceptors (Lipinski definition) is 12. The van der Waals surface area contributed by atoms with Crippen molar-refractivity contribution in [2.24, 2.45) is 0 Å². The molecule has 0 aromatic heterocycles. The van der Waals surface area contributed by atoms with Gasteiger partial charge in [-0.05, 0) is 89.9 Å². The molecule has 7 saturated carbocycles. The van der Waals surface area contributed by atoms with Gasteiger partial charge in [-0.25, -0.2) is 0 Å². The van der Waals surface area contributed by atoms with Gasteiger partial charge in [0.1, 0.15) is 0 Å². The van der Waals surface area contributed by atoms with Gasteiger partial charge in [0, 0.05) is 38.8 Å². The molecule has 10 rings (SSSR count). The van der Waals surface area contributed by atoms with Gasteiger partial charge in [0.25, 0.3) is 0 Å². The summed E-state index contributed by atoms with van der Waals surface area (Å²) < 4.78 is 63.6. The standard InChI is InChI=1S/C21H38O12Si7/c22-34(15-1-2-15)25-37(18-7-8-18)27-35(23,16-3-4-16)29-39(20-11-12-20)30-36(24,17-5-6-17)28-38(26-34,19-9-10-19)32-40(31-37,33-39)21-13-14-21/h15-24H,1-14H2. The number of fused-ring (bicyclic) bond motifs is 3. The van der Waals surface area contributed by atoms with Crippen LogP contribution in [0, 0.1) is 0 Å². The second kappa shape index (κ2) is 8.05. The molecule has 3 aliphatic heterocycles. The molecule has 10 aliphatic rings. The zero-order valence-corrected chi connectivity index (χ0v) is 29.5. The summed E-state index contributed by atoms with van der Waals surface area (Å²) in [5.41, 5.74) is -0.616. The van der Waals surface area contributed by atoms with E-state index in [9.17, 15) is 14.4 Å². The monoisotopic (exact) mass is 678 g/mol. The molecule has 0 radical (unpaired) electrons.